The summed E-state index contributed by atoms with van der Waals surface area (Å²) in [4.78, 5) is 10.9. The Morgan fingerprint density at radius 3 is 2.35 bits per heavy atom. The first kappa shape index (κ1) is 16.7. The Morgan fingerprint density at radius 2 is 1.85 bits per heavy atom. The molecule has 0 aliphatic heterocycles. The van der Waals surface area contributed by atoms with Crippen LogP contribution in [-0.4, -0.2) is 34.4 Å². The van der Waals surface area contributed by atoms with Crippen LogP contribution in [0.4, 0.5) is 0 Å². The summed E-state index contributed by atoms with van der Waals surface area (Å²) in [6.45, 7) is 7.89. The summed E-state index contributed by atoms with van der Waals surface area (Å²) in [6.07, 6.45) is 0. The molecule has 0 bridgehead atoms. The zero-order valence-corrected chi connectivity index (χ0v) is 12.5. The molecule has 0 saturated carbocycles. The van der Waals surface area contributed by atoms with Crippen molar-refractivity contribution in [2.24, 2.45) is 0 Å². The Kier molecular flexibility index (Phi) is 4.97. The van der Waals surface area contributed by atoms with Gasteiger partial charge in [0, 0.05) is 6.92 Å². The number of rotatable bonds is 5. The fourth-order valence-electron chi connectivity index (χ4n) is 1.39. The zero-order chi connectivity index (χ0) is 15.6. The molecule has 0 aromatic heterocycles. The molecular formula is C14H21BO5. The number of carbonyl (C=O) groups is 1. The minimum absolute atomic E-state index is 0.332. The fourth-order valence-corrected chi connectivity index (χ4v) is 1.39. The Balaban J connectivity index is 2.87. The maximum atomic E-state index is 10.9. The Labute approximate surface area is 119 Å². The maximum absolute atomic E-state index is 10.9. The third-order valence-electron chi connectivity index (χ3n) is 3.28. The third-order valence-corrected chi connectivity index (χ3v) is 3.28. The molecule has 20 heavy (non-hydrogen) atoms. The largest absolute Gasteiger partial charge is 0.491 e. The fraction of sp³-hybridized carbons (Fsp3) is 0.500. The van der Waals surface area contributed by atoms with Gasteiger partial charge in [-0.15, -0.1) is 0 Å². The average molecular weight is 280 g/mol. The van der Waals surface area contributed by atoms with Crippen molar-refractivity contribution >= 4 is 18.6 Å². The summed E-state index contributed by atoms with van der Waals surface area (Å²) in [6, 6.07) is 6.43. The highest BCUT2D eigenvalue weighted by Crippen LogP contribution is 2.25. The van der Waals surface area contributed by atoms with Crippen LogP contribution >= 0.6 is 0 Å². The van der Waals surface area contributed by atoms with Crippen molar-refractivity contribution in [3.05, 3.63) is 24.3 Å². The van der Waals surface area contributed by atoms with Gasteiger partial charge in [-0.05, 0) is 45.3 Å². The smallest absolute Gasteiger partial charge is 0.427 e. The van der Waals surface area contributed by atoms with E-state index < -0.39 is 24.3 Å². The minimum Gasteiger partial charge on any atom is -0.427 e. The van der Waals surface area contributed by atoms with E-state index in [1.165, 1.54) is 13.0 Å². The van der Waals surface area contributed by atoms with E-state index in [9.17, 15) is 14.9 Å². The third kappa shape index (κ3) is 4.33. The van der Waals surface area contributed by atoms with Crippen molar-refractivity contribution in [1.29, 1.82) is 0 Å². The summed E-state index contributed by atoms with van der Waals surface area (Å²) >= 11 is 0. The van der Waals surface area contributed by atoms with Crippen molar-refractivity contribution in [1.82, 2.24) is 0 Å². The van der Waals surface area contributed by atoms with E-state index in [2.05, 4.69) is 0 Å². The number of hydrogen-bond acceptors (Lipinski definition) is 5. The van der Waals surface area contributed by atoms with Gasteiger partial charge in [0.25, 0.3) is 0 Å². The van der Waals surface area contributed by atoms with Crippen LogP contribution in [0.1, 0.15) is 34.6 Å². The highest BCUT2D eigenvalue weighted by atomic mass is 16.6. The quantitative estimate of drug-likeness (QED) is 0.475. The van der Waals surface area contributed by atoms with E-state index in [0.29, 0.717) is 11.2 Å². The highest BCUT2D eigenvalue weighted by Gasteiger charge is 2.39. The molecule has 0 unspecified atom stereocenters. The van der Waals surface area contributed by atoms with Crippen molar-refractivity contribution < 1.29 is 24.3 Å². The summed E-state index contributed by atoms with van der Waals surface area (Å²) in [7, 11) is -1.23. The van der Waals surface area contributed by atoms with E-state index >= 15 is 0 Å². The Morgan fingerprint density at radius 1 is 1.25 bits per heavy atom. The molecule has 2 N–H and O–H groups in total. The molecule has 110 valence electrons. The first-order valence-corrected chi connectivity index (χ1v) is 6.39. The molecule has 1 rings (SSSR count). The van der Waals surface area contributed by atoms with Gasteiger partial charge >= 0.3 is 13.1 Å². The molecule has 0 spiro atoms. The van der Waals surface area contributed by atoms with E-state index in [1.807, 2.05) is 0 Å². The Bertz CT molecular complexity index is 479. The van der Waals surface area contributed by atoms with Crippen molar-refractivity contribution in [3.63, 3.8) is 0 Å². The van der Waals surface area contributed by atoms with Gasteiger partial charge in [0.1, 0.15) is 5.75 Å². The minimum atomic E-state index is -1.23. The molecule has 0 saturated heterocycles. The molecule has 1 aromatic carbocycles. The summed E-state index contributed by atoms with van der Waals surface area (Å²) < 4.78 is 10.5. The van der Waals surface area contributed by atoms with Crippen LogP contribution in [0.2, 0.25) is 0 Å². The van der Waals surface area contributed by atoms with Crippen LogP contribution in [0.5, 0.6) is 5.75 Å². The van der Waals surface area contributed by atoms with Gasteiger partial charge in [-0.2, -0.15) is 0 Å². The van der Waals surface area contributed by atoms with Crippen LogP contribution in [0.3, 0.4) is 0 Å². The van der Waals surface area contributed by atoms with Crippen LogP contribution in [0.15, 0.2) is 24.3 Å². The van der Waals surface area contributed by atoms with E-state index in [-0.39, 0.29) is 0 Å². The SMILES string of the molecule is CC(=O)Oc1cccc(B(O)OC(C)(C)C(C)(C)O)c1. The lowest BCUT2D eigenvalue weighted by molar-refractivity contribution is -0.131. The molecule has 0 fully saturated rings. The van der Waals surface area contributed by atoms with E-state index in [1.54, 1.807) is 45.9 Å². The van der Waals surface area contributed by atoms with Crippen molar-refractivity contribution in [2.75, 3.05) is 0 Å². The molecule has 5 nitrogen and oxygen atoms in total. The zero-order valence-electron chi connectivity index (χ0n) is 12.5. The number of esters is 1. The molecule has 6 heteroatoms. The van der Waals surface area contributed by atoms with Gasteiger partial charge in [-0.3, -0.25) is 4.79 Å². The normalized spacial score (nSPS) is 12.2. The maximum Gasteiger partial charge on any atom is 0.491 e. The van der Waals surface area contributed by atoms with Crippen molar-refractivity contribution in [2.45, 2.75) is 45.8 Å². The number of carbonyl (C=O) groups excluding carboxylic acids is 1. The van der Waals surface area contributed by atoms with Crippen molar-refractivity contribution in [3.8, 4) is 5.75 Å². The summed E-state index contributed by atoms with van der Waals surface area (Å²) in [5, 5.41) is 20.1. The van der Waals surface area contributed by atoms with Gasteiger partial charge in [0.15, 0.2) is 0 Å². The molecule has 0 radical (unpaired) electrons. The average Bonchev–Trinajstić information content (AvgIpc) is 2.26. The van der Waals surface area contributed by atoms with Gasteiger partial charge in [-0.1, -0.05) is 12.1 Å². The van der Waals surface area contributed by atoms with Crippen LogP contribution in [0.25, 0.3) is 0 Å². The molecule has 0 aliphatic rings. The second-order valence-electron chi connectivity index (χ2n) is 5.71. The van der Waals surface area contributed by atoms with Gasteiger partial charge in [-0.25, -0.2) is 0 Å². The van der Waals surface area contributed by atoms with E-state index in [4.69, 9.17) is 9.39 Å². The predicted molar refractivity (Wildman–Crippen MR) is 76.8 cm³/mol. The molecule has 0 aliphatic carbocycles. The Hall–Kier alpha value is -1.37. The van der Waals surface area contributed by atoms with Gasteiger partial charge in [0.05, 0.1) is 11.2 Å². The monoisotopic (exact) mass is 280 g/mol. The van der Waals surface area contributed by atoms with Gasteiger partial charge in [0.2, 0.25) is 0 Å². The summed E-state index contributed by atoms with van der Waals surface area (Å²) in [5.41, 5.74) is -1.63. The molecule has 0 amide bonds. The second kappa shape index (κ2) is 5.95. The topological polar surface area (TPSA) is 76.0 Å². The lowest BCUT2D eigenvalue weighted by Crippen LogP contribution is -2.53. The number of aliphatic hydroxyl groups is 1. The lowest BCUT2D eigenvalue weighted by Gasteiger charge is -2.38. The molecular weight excluding hydrogens is 259 g/mol. The number of ether oxygens (including phenoxy) is 1. The second-order valence-corrected chi connectivity index (χ2v) is 5.71. The van der Waals surface area contributed by atoms with Crippen LogP contribution < -0.4 is 10.2 Å². The first-order valence-electron chi connectivity index (χ1n) is 6.39. The number of benzene rings is 1. The molecule has 1 aromatic rings. The van der Waals surface area contributed by atoms with Crippen LogP contribution in [-0.2, 0) is 9.45 Å². The summed E-state index contributed by atoms with van der Waals surface area (Å²) in [5.74, 6) is -0.104. The predicted octanol–water partition coefficient (Wildman–Crippen LogP) is 0.865. The molecule has 0 atom stereocenters. The van der Waals surface area contributed by atoms with Gasteiger partial charge < -0.3 is 19.5 Å². The lowest BCUT2D eigenvalue weighted by atomic mass is 9.76. The highest BCUT2D eigenvalue weighted by molar-refractivity contribution is 6.60. The van der Waals surface area contributed by atoms with Crippen LogP contribution in [0, 0.1) is 0 Å². The van der Waals surface area contributed by atoms with E-state index in [0.717, 1.165) is 0 Å². The molecule has 0 heterocycles. The first-order chi connectivity index (χ1) is 9.03. The standard InChI is InChI=1S/C14H21BO5/c1-10(16)19-12-8-6-7-11(9-12)15(18)20-14(4,5)13(2,3)17/h6-9,17-18H,1-5H3. The number of hydrogen-bond donors (Lipinski definition) is 2.